The smallest absolute Gasteiger partial charge is 0.335 e. The quantitative estimate of drug-likeness (QED) is 0.690. The van der Waals surface area contributed by atoms with Crippen LogP contribution in [-0.2, 0) is 6.18 Å². The van der Waals surface area contributed by atoms with E-state index < -0.39 is 17.6 Å². The van der Waals surface area contributed by atoms with Crippen molar-refractivity contribution in [1.82, 2.24) is 19.7 Å². The molecular formula is C19H17F3N4O. The third-order valence-corrected chi connectivity index (χ3v) is 4.40. The van der Waals surface area contributed by atoms with Crippen LogP contribution in [0.4, 0.5) is 13.2 Å². The van der Waals surface area contributed by atoms with Gasteiger partial charge in [0.25, 0.3) is 5.91 Å². The molecule has 0 aliphatic carbocycles. The van der Waals surface area contributed by atoms with Gasteiger partial charge in [0.2, 0.25) is 0 Å². The van der Waals surface area contributed by atoms with E-state index in [0.29, 0.717) is 0 Å². The van der Waals surface area contributed by atoms with Crippen LogP contribution >= 0.6 is 0 Å². The predicted octanol–water partition coefficient (Wildman–Crippen LogP) is 4.12. The fourth-order valence-electron chi connectivity index (χ4n) is 2.68. The molecule has 0 N–H and O–H groups in total. The largest absolute Gasteiger partial charge is 0.416 e. The number of alkyl halides is 3. The minimum atomic E-state index is -4.49. The highest BCUT2D eigenvalue weighted by molar-refractivity contribution is 5.94. The van der Waals surface area contributed by atoms with E-state index in [-0.39, 0.29) is 11.6 Å². The fraction of sp³-hybridized carbons (Fsp3) is 0.211. The van der Waals surface area contributed by atoms with E-state index in [0.717, 1.165) is 23.4 Å². The number of rotatable bonds is 4. The second-order valence-electron chi connectivity index (χ2n) is 6.10. The molecule has 0 saturated carbocycles. The molecule has 0 aliphatic heterocycles. The normalized spacial score (nSPS) is 12.6. The molecular weight excluding hydrogens is 357 g/mol. The van der Waals surface area contributed by atoms with Crippen molar-refractivity contribution in [3.05, 3.63) is 77.9 Å². The summed E-state index contributed by atoms with van der Waals surface area (Å²) in [6.07, 6.45) is -1.49. The number of carbonyl (C=O) groups is 1. The Morgan fingerprint density at radius 3 is 2.44 bits per heavy atom. The third-order valence-electron chi connectivity index (χ3n) is 4.40. The Bertz CT molecular complexity index is 921. The molecule has 0 saturated heterocycles. The van der Waals surface area contributed by atoms with E-state index >= 15 is 0 Å². The first kappa shape index (κ1) is 18.6. The molecule has 1 amide bonds. The van der Waals surface area contributed by atoms with Crippen molar-refractivity contribution < 1.29 is 18.0 Å². The van der Waals surface area contributed by atoms with E-state index in [9.17, 15) is 18.0 Å². The van der Waals surface area contributed by atoms with Crippen molar-refractivity contribution in [2.24, 2.45) is 0 Å². The van der Waals surface area contributed by atoms with Crippen LogP contribution in [0.15, 0.2) is 61.2 Å². The Morgan fingerprint density at radius 1 is 1.15 bits per heavy atom. The zero-order valence-corrected chi connectivity index (χ0v) is 14.7. The number of carbonyl (C=O) groups excluding carboxylic acids is 1. The first-order chi connectivity index (χ1) is 12.8. The summed E-state index contributed by atoms with van der Waals surface area (Å²) < 4.78 is 40.2. The highest BCUT2D eigenvalue weighted by Crippen LogP contribution is 2.30. The molecule has 1 unspecified atom stereocenters. The van der Waals surface area contributed by atoms with Gasteiger partial charge in [0.15, 0.2) is 0 Å². The lowest BCUT2D eigenvalue weighted by Gasteiger charge is -2.26. The van der Waals surface area contributed by atoms with Gasteiger partial charge in [0.05, 0.1) is 17.3 Å². The van der Waals surface area contributed by atoms with Gasteiger partial charge in [-0.2, -0.15) is 18.3 Å². The number of nitrogens with zero attached hydrogens (tertiary/aromatic N) is 4. The summed E-state index contributed by atoms with van der Waals surface area (Å²) in [7, 11) is 1.57. The van der Waals surface area contributed by atoms with Gasteiger partial charge in [-0.15, -0.1) is 0 Å². The molecule has 2 aromatic carbocycles. The monoisotopic (exact) mass is 374 g/mol. The Labute approximate surface area is 154 Å². The lowest BCUT2D eigenvalue weighted by atomic mass is 10.0. The summed E-state index contributed by atoms with van der Waals surface area (Å²) in [5, 5.41) is 4.04. The van der Waals surface area contributed by atoms with Gasteiger partial charge in [-0.3, -0.25) is 4.79 Å². The molecule has 3 rings (SSSR count). The highest BCUT2D eigenvalue weighted by Gasteiger charge is 2.31. The average molecular weight is 374 g/mol. The van der Waals surface area contributed by atoms with Crippen LogP contribution in [0, 0.1) is 0 Å². The van der Waals surface area contributed by atoms with Crippen LogP contribution in [-0.4, -0.2) is 32.6 Å². The second kappa shape index (κ2) is 7.22. The number of aromatic nitrogens is 3. The zero-order chi connectivity index (χ0) is 19.6. The van der Waals surface area contributed by atoms with Crippen LogP contribution in [0.3, 0.4) is 0 Å². The molecule has 0 fully saturated rings. The van der Waals surface area contributed by atoms with Crippen LogP contribution in [0.5, 0.6) is 0 Å². The van der Waals surface area contributed by atoms with Crippen LogP contribution in [0.25, 0.3) is 5.69 Å². The van der Waals surface area contributed by atoms with Crippen molar-refractivity contribution in [3.63, 3.8) is 0 Å². The third kappa shape index (κ3) is 3.99. The lowest BCUT2D eigenvalue weighted by molar-refractivity contribution is -0.137. The van der Waals surface area contributed by atoms with Gasteiger partial charge in [-0.1, -0.05) is 18.2 Å². The number of hydrogen-bond donors (Lipinski definition) is 0. The van der Waals surface area contributed by atoms with E-state index in [4.69, 9.17) is 0 Å². The Morgan fingerprint density at radius 2 is 1.85 bits per heavy atom. The van der Waals surface area contributed by atoms with E-state index in [1.165, 1.54) is 23.4 Å². The van der Waals surface area contributed by atoms with Crippen molar-refractivity contribution >= 4 is 5.91 Å². The van der Waals surface area contributed by atoms with E-state index in [1.54, 1.807) is 18.1 Å². The van der Waals surface area contributed by atoms with Gasteiger partial charge in [-0.25, -0.2) is 9.67 Å². The standard InChI is InChI=1S/C19H17F3N4O/c1-13(14-6-8-17(9-7-14)26-12-23-11-24-26)25(2)18(27)15-4-3-5-16(10-15)19(20,21)22/h3-13H,1-2H3. The van der Waals surface area contributed by atoms with E-state index in [2.05, 4.69) is 10.1 Å². The van der Waals surface area contributed by atoms with Gasteiger partial charge in [-0.05, 0) is 42.8 Å². The van der Waals surface area contributed by atoms with Crippen LogP contribution in [0.2, 0.25) is 0 Å². The summed E-state index contributed by atoms with van der Waals surface area (Å²) >= 11 is 0. The zero-order valence-electron chi connectivity index (χ0n) is 14.7. The fourth-order valence-corrected chi connectivity index (χ4v) is 2.68. The van der Waals surface area contributed by atoms with Gasteiger partial charge in [0.1, 0.15) is 12.7 Å². The summed E-state index contributed by atoms with van der Waals surface area (Å²) in [5.41, 5.74) is 0.821. The molecule has 0 spiro atoms. The first-order valence-electron chi connectivity index (χ1n) is 8.17. The summed E-state index contributed by atoms with van der Waals surface area (Å²) in [4.78, 5) is 17.9. The molecule has 140 valence electrons. The van der Waals surface area contributed by atoms with Crippen molar-refractivity contribution in [2.45, 2.75) is 19.1 Å². The molecule has 0 radical (unpaired) electrons. The average Bonchev–Trinajstić information content (AvgIpc) is 3.20. The summed E-state index contributed by atoms with van der Waals surface area (Å²) in [6.45, 7) is 1.82. The number of benzene rings is 2. The summed E-state index contributed by atoms with van der Waals surface area (Å²) in [6, 6.07) is 11.5. The maximum absolute atomic E-state index is 12.9. The highest BCUT2D eigenvalue weighted by atomic mass is 19.4. The Hall–Kier alpha value is -3.16. The SMILES string of the molecule is CC(c1ccc(-n2cncn2)cc1)N(C)C(=O)c1cccc(C(F)(F)F)c1. The summed E-state index contributed by atoms with van der Waals surface area (Å²) in [5.74, 6) is -0.478. The molecule has 1 atom stereocenters. The van der Waals surface area contributed by atoms with E-state index in [1.807, 2.05) is 31.2 Å². The molecule has 27 heavy (non-hydrogen) atoms. The molecule has 3 aromatic rings. The Kier molecular flexibility index (Phi) is 4.98. The maximum Gasteiger partial charge on any atom is 0.416 e. The van der Waals surface area contributed by atoms with Crippen molar-refractivity contribution in [2.75, 3.05) is 7.05 Å². The van der Waals surface area contributed by atoms with Crippen molar-refractivity contribution in [1.29, 1.82) is 0 Å². The second-order valence-corrected chi connectivity index (χ2v) is 6.10. The number of amides is 1. The molecule has 0 bridgehead atoms. The molecule has 8 heteroatoms. The van der Waals surface area contributed by atoms with Crippen LogP contribution in [0.1, 0.15) is 34.5 Å². The predicted molar refractivity (Wildman–Crippen MR) is 93.3 cm³/mol. The molecule has 5 nitrogen and oxygen atoms in total. The van der Waals surface area contributed by atoms with Gasteiger partial charge < -0.3 is 4.90 Å². The Balaban J connectivity index is 1.78. The molecule has 0 aliphatic rings. The van der Waals surface area contributed by atoms with Gasteiger partial charge >= 0.3 is 6.18 Å². The maximum atomic E-state index is 12.9. The van der Waals surface area contributed by atoms with Crippen molar-refractivity contribution in [3.8, 4) is 5.69 Å². The van der Waals surface area contributed by atoms with Crippen LogP contribution < -0.4 is 0 Å². The number of hydrogen-bond acceptors (Lipinski definition) is 3. The minimum Gasteiger partial charge on any atom is -0.335 e. The molecule has 1 heterocycles. The number of halogens is 3. The topological polar surface area (TPSA) is 51.0 Å². The minimum absolute atomic E-state index is 0.00147. The van der Waals surface area contributed by atoms with Gasteiger partial charge in [0, 0.05) is 12.6 Å². The lowest BCUT2D eigenvalue weighted by Crippen LogP contribution is -2.29. The first-order valence-corrected chi connectivity index (χ1v) is 8.17. The molecule has 1 aromatic heterocycles.